The van der Waals surface area contributed by atoms with Crippen molar-refractivity contribution in [3.63, 3.8) is 0 Å². The van der Waals surface area contributed by atoms with E-state index in [0.717, 1.165) is 34.6 Å². The molecule has 0 aromatic heterocycles. The first-order valence-corrected chi connectivity index (χ1v) is 8.42. The minimum Gasteiger partial charge on any atom is -0.497 e. The number of nitrogens with one attached hydrogen (secondary N) is 1. The van der Waals surface area contributed by atoms with E-state index in [9.17, 15) is 19.5 Å². The molecule has 0 unspecified atom stereocenters. The largest absolute Gasteiger partial charge is 0.497 e. The zero-order valence-electron chi connectivity index (χ0n) is 14.2. The van der Waals surface area contributed by atoms with Gasteiger partial charge in [-0.1, -0.05) is 6.07 Å². The van der Waals surface area contributed by atoms with E-state index in [1.165, 1.54) is 0 Å². The van der Waals surface area contributed by atoms with Crippen molar-refractivity contribution >= 4 is 17.7 Å². The van der Waals surface area contributed by atoms with Crippen molar-refractivity contribution in [2.24, 2.45) is 0 Å². The summed E-state index contributed by atoms with van der Waals surface area (Å²) in [6, 6.07) is 5.52. The predicted molar refractivity (Wildman–Crippen MR) is 88.8 cm³/mol. The van der Waals surface area contributed by atoms with Gasteiger partial charge in [-0.15, -0.1) is 0 Å². The molecule has 1 atom stereocenters. The number of aliphatic hydroxyl groups is 1. The van der Waals surface area contributed by atoms with Gasteiger partial charge < -0.3 is 15.2 Å². The van der Waals surface area contributed by atoms with Crippen LogP contribution in [-0.2, 0) is 26.4 Å². The van der Waals surface area contributed by atoms with E-state index in [0.29, 0.717) is 6.42 Å². The molecule has 7 nitrogen and oxygen atoms in total. The maximum atomic E-state index is 12.1. The molecule has 1 fully saturated rings. The number of benzene rings is 1. The fourth-order valence-corrected chi connectivity index (χ4v) is 3.49. The number of likely N-dealkylation sites (tertiary alicyclic amines) is 1. The number of methoxy groups -OCH3 is 1. The molecule has 1 aliphatic heterocycles. The zero-order valence-corrected chi connectivity index (χ0v) is 14.2. The summed E-state index contributed by atoms with van der Waals surface area (Å²) >= 11 is 0. The van der Waals surface area contributed by atoms with Crippen LogP contribution in [0.15, 0.2) is 18.2 Å². The number of ether oxygens (including phenoxy) is 1. The standard InChI is InChI=1S/C18H22N2O5/c1-25-13-4-5-14-12(9-13)3-2-8-18(14,24)11-19-15(21)10-20-16(22)6-7-17(20)23/h4-5,9,24H,2-3,6-8,10-11H2,1H3,(H,19,21)/t18-/m0/s1. The first-order valence-electron chi connectivity index (χ1n) is 8.42. The highest BCUT2D eigenvalue weighted by atomic mass is 16.5. The van der Waals surface area contributed by atoms with Gasteiger partial charge in [-0.3, -0.25) is 19.3 Å². The number of amides is 3. The fourth-order valence-electron chi connectivity index (χ4n) is 3.49. The Balaban J connectivity index is 1.66. The summed E-state index contributed by atoms with van der Waals surface area (Å²) in [6.07, 6.45) is 2.50. The van der Waals surface area contributed by atoms with Gasteiger partial charge in [0.25, 0.3) is 0 Å². The molecule has 0 bridgehead atoms. The van der Waals surface area contributed by atoms with Gasteiger partial charge in [-0.05, 0) is 42.5 Å². The Kier molecular flexibility index (Phi) is 4.76. The summed E-state index contributed by atoms with van der Waals surface area (Å²) in [7, 11) is 1.60. The van der Waals surface area contributed by atoms with E-state index in [4.69, 9.17) is 4.74 Å². The Morgan fingerprint density at radius 3 is 2.68 bits per heavy atom. The summed E-state index contributed by atoms with van der Waals surface area (Å²) in [5.74, 6) is -0.362. The third kappa shape index (κ3) is 3.51. The zero-order chi connectivity index (χ0) is 18.0. The maximum absolute atomic E-state index is 12.1. The molecule has 1 saturated heterocycles. The van der Waals surface area contributed by atoms with Crippen LogP contribution in [0.25, 0.3) is 0 Å². The Morgan fingerprint density at radius 1 is 1.28 bits per heavy atom. The molecule has 3 amide bonds. The van der Waals surface area contributed by atoms with Crippen molar-refractivity contribution in [3.8, 4) is 5.75 Å². The average Bonchev–Trinajstić information content (AvgIpc) is 2.92. The lowest BCUT2D eigenvalue weighted by molar-refractivity contribution is -0.142. The highest BCUT2D eigenvalue weighted by molar-refractivity contribution is 6.04. The molecule has 2 N–H and O–H groups in total. The molecule has 1 aromatic rings. The average molecular weight is 346 g/mol. The lowest BCUT2D eigenvalue weighted by atomic mass is 9.79. The monoisotopic (exact) mass is 346 g/mol. The SMILES string of the molecule is COc1ccc2c(c1)CCC[C@]2(O)CNC(=O)CN1C(=O)CCC1=O. The Morgan fingerprint density at radius 2 is 2.00 bits per heavy atom. The minimum absolute atomic E-state index is 0.0430. The second kappa shape index (κ2) is 6.84. The van der Waals surface area contributed by atoms with E-state index in [2.05, 4.69) is 5.32 Å². The lowest BCUT2D eigenvalue weighted by Crippen LogP contribution is -2.46. The summed E-state index contributed by atoms with van der Waals surface area (Å²) in [5.41, 5.74) is 0.634. The highest BCUT2D eigenvalue weighted by Gasteiger charge is 2.36. The van der Waals surface area contributed by atoms with E-state index in [-0.39, 0.29) is 37.7 Å². The molecule has 1 aromatic carbocycles. The summed E-state index contributed by atoms with van der Waals surface area (Å²) < 4.78 is 5.22. The molecule has 1 aliphatic carbocycles. The van der Waals surface area contributed by atoms with Gasteiger partial charge in [-0.25, -0.2) is 0 Å². The molecule has 1 heterocycles. The Hall–Kier alpha value is -2.41. The van der Waals surface area contributed by atoms with E-state index in [1.807, 2.05) is 12.1 Å². The summed E-state index contributed by atoms with van der Waals surface area (Å²) in [5, 5.41) is 13.7. The van der Waals surface area contributed by atoms with Crippen molar-refractivity contribution in [2.45, 2.75) is 37.7 Å². The number of fused-ring (bicyclic) bond motifs is 1. The van der Waals surface area contributed by atoms with Crippen molar-refractivity contribution in [1.29, 1.82) is 0 Å². The van der Waals surface area contributed by atoms with Crippen molar-refractivity contribution in [1.82, 2.24) is 10.2 Å². The van der Waals surface area contributed by atoms with Crippen LogP contribution in [0.1, 0.15) is 36.8 Å². The molecule has 25 heavy (non-hydrogen) atoms. The molecular weight excluding hydrogens is 324 g/mol. The first kappa shape index (κ1) is 17.4. The van der Waals surface area contributed by atoms with Crippen LogP contribution in [0.5, 0.6) is 5.75 Å². The molecule has 0 radical (unpaired) electrons. The first-order chi connectivity index (χ1) is 11.9. The second-order valence-corrected chi connectivity index (χ2v) is 6.56. The van der Waals surface area contributed by atoms with Crippen LogP contribution in [0.4, 0.5) is 0 Å². The number of rotatable bonds is 5. The predicted octanol–water partition coefficient (Wildman–Crippen LogP) is 0.484. The van der Waals surface area contributed by atoms with Crippen molar-refractivity contribution in [2.75, 3.05) is 20.2 Å². The van der Waals surface area contributed by atoms with Gasteiger partial charge in [0.05, 0.1) is 13.7 Å². The van der Waals surface area contributed by atoms with Crippen LogP contribution in [0.3, 0.4) is 0 Å². The van der Waals surface area contributed by atoms with Crippen molar-refractivity contribution in [3.05, 3.63) is 29.3 Å². The number of aryl methyl sites for hydroxylation is 1. The van der Waals surface area contributed by atoms with Gasteiger partial charge in [0.15, 0.2) is 0 Å². The molecule has 2 aliphatic rings. The molecule has 134 valence electrons. The quantitative estimate of drug-likeness (QED) is 0.756. The fraction of sp³-hybridized carbons (Fsp3) is 0.500. The number of hydrogen-bond donors (Lipinski definition) is 2. The Labute approximate surface area is 146 Å². The molecular formula is C18H22N2O5. The van der Waals surface area contributed by atoms with Crippen LogP contribution in [0.2, 0.25) is 0 Å². The van der Waals surface area contributed by atoms with Gasteiger partial charge in [0.2, 0.25) is 17.7 Å². The topological polar surface area (TPSA) is 95.9 Å². The smallest absolute Gasteiger partial charge is 0.240 e. The third-order valence-electron chi connectivity index (χ3n) is 4.88. The highest BCUT2D eigenvalue weighted by Crippen LogP contribution is 2.36. The van der Waals surface area contributed by atoms with E-state index in [1.54, 1.807) is 13.2 Å². The number of nitrogens with zero attached hydrogens (tertiary/aromatic N) is 1. The number of carbonyl (C=O) groups is 3. The number of hydrogen-bond acceptors (Lipinski definition) is 5. The van der Waals surface area contributed by atoms with Gasteiger partial charge in [0, 0.05) is 12.8 Å². The summed E-state index contributed by atoms with van der Waals surface area (Å²) in [4.78, 5) is 36.2. The molecule has 7 heteroatoms. The summed E-state index contributed by atoms with van der Waals surface area (Å²) in [6.45, 7) is -0.245. The number of carbonyl (C=O) groups excluding carboxylic acids is 3. The van der Waals surface area contributed by atoms with Crippen molar-refractivity contribution < 1.29 is 24.2 Å². The lowest BCUT2D eigenvalue weighted by Gasteiger charge is -2.35. The minimum atomic E-state index is -1.16. The normalized spacial score (nSPS) is 22.7. The number of imide groups is 1. The van der Waals surface area contributed by atoms with Crippen LogP contribution >= 0.6 is 0 Å². The van der Waals surface area contributed by atoms with Gasteiger partial charge in [-0.2, -0.15) is 0 Å². The van der Waals surface area contributed by atoms with Gasteiger partial charge in [0.1, 0.15) is 17.9 Å². The molecule has 0 saturated carbocycles. The van der Waals surface area contributed by atoms with E-state index < -0.39 is 11.5 Å². The van der Waals surface area contributed by atoms with Crippen LogP contribution in [0, 0.1) is 0 Å². The third-order valence-corrected chi connectivity index (χ3v) is 4.88. The second-order valence-electron chi connectivity index (χ2n) is 6.56. The van der Waals surface area contributed by atoms with E-state index >= 15 is 0 Å². The van der Waals surface area contributed by atoms with Crippen LogP contribution < -0.4 is 10.1 Å². The molecule has 3 rings (SSSR count). The Bertz CT molecular complexity index is 701. The van der Waals surface area contributed by atoms with Gasteiger partial charge >= 0.3 is 0 Å². The maximum Gasteiger partial charge on any atom is 0.240 e. The van der Waals surface area contributed by atoms with Crippen LogP contribution in [-0.4, -0.2) is 47.9 Å². The molecule has 0 spiro atoms.